The van der Waals surface area contributed by atoms with Crippen molar-refractivity contribution < 1.29 is 0 Å². The van der Waals surface area contributed by atoms with Crippen LogP contribution in [0.2, 0.25) is 0 Å². The van der Waals surface area contributed by atoms with Crippen molar-refractivity contribution in [2.45, 2.75) is 52.0 Å². The van der Waals surface area contributed by atoms with Gasteiger partial charge in [-0.15, -0.1) is 12.4 Å². The Morgan fingerprint density at radius 3 is 2.28 bits per heavy atom. The molecule has 1 aliphatic carbocycles. The van der Waals surface area contributed by atoms with Gasteiger partial charge in [0.05, 0.1) is 0 Å². The first-order chi connectivity index (χ1) is 11.5. The van der Waals surface area contributed by atoms with Crippen molar-refractivity contribution in [3.05, 3.63) is 70.3 Å². The van der Waals surface area contributed by atoms with Crippen LogP contribution in [0.5, 0.6) is 0 Å². The molecule has 1 fully saturated rings. The van der Waals surface area contributed by atoms with Gasteiger partial charge < -0.3 is 4.90 Å². The minimum absolute atomic E-state index is 0. The third kappa shape index (κ3) is 3.25. The minimum Gasteiger partial charge on any atom is -0.300 e. The van der Waals surface area contributed by atoms with Gasteiger partial charge in [0.2, 0.25) is 0 Å². The number of fused-ring (bicyclic) bond motifs is 3. The highest BCUT2D eigenvalue weighted by atomic mass is 35.5. The highest BCUT2D eigenvalue weighted by Crippen LogP contribution is 2.53. The topological polar surface area (TPSA) is 3.24 Å². The lowest BCUT2D eigenvalue weighted by molar-refractivity contribution is 0.130. The fourth-order valence-corrected chi connectivity index (χ4v) is 4.92. The van der Waals surface area contributed by atoms with E-state index < -0.39 is 0 Å². The van der Waals surface area contributed by atoms with E-state index in [0.29, 0.717) is 17.9 Å². The van der Waals surface area contributed by atoms with Gasteiger partial charge in [0, 0.05) is 24.4 Å². The molecular weight excluding hydrogens is 326 g/mol. The van der Waals surface area contributed by atoms with Crippen LogP contribution >= 0.6 is 12.4 Å². The molecule has 0 saturated carbocycles. The summed E-state index contributed by atoms with van der Waals surface area (Å²) in [5.74, 6) is 2.04. The quantitative estimate of drug-likeness (QED) is 0.669. The average Bonchev–Trinajstić information content (AvgIpc) is 2.88. The Morgan fingerprint density at radius 1 is 0.920 bits per heavy atom. The number of aryl methyl sites for hydroxylation is 2. The molecule has 25 heavy (non-hydrogen) atoms. The molecule has 0 bridgehead atoms. The van der Waals surface area contributed by atoms with E-state index in [-0.39, 0.29) is 12.4 Å². The summed E-state index contributed by atoms with van der Waals surface area (Å²) in [6.45, 7) is 11.6. The fourth-order valence-electron chi connectivity index (χ4n) is 4.92. The van der Waals surface area contributed by atoms with Crippen LogP contribution in [0.1, 0.15) is 59.9 Å². The van der Waals surface area contributed by atoms with Crippen LogP contribution in [0.15, 0.2) is 42.5 Å². The van der Waals surface area contributed by atoms with Crippen LogP contribution in [0.25, 0.3) is 0 Å². The van der Waals surface area contributed by atoms with E-state index in [1.165, 1.54) is 36.2 Å². The average molecular weight is 356 g/mol. The van der Waals surface area contributed by atoms with E-state index in [4.69, 9.17) is 0 Å². The summed E-state index contributed by atoms with van der Waals surface area (Å²) in [6.07, 6.45) is 1.31. The summed E-state index contributed by atoms with van der Waals surface area (Å²) in [6, 6.07) is 17.1. The molecule has 0 spiro atoms. The maximum Gasteiger partial charge on any atom is 0.0127 e. The van der Waals surface area contributed by atoms with Crippen molar-refractivity contribution in [2.75, 3.05) is 13.1 Å². The zero-order valence-electron chi connectivity index (χ0n) is 15.8. The third-order valence-corrected chi connectivity index (χ3v) is 6.27. The summed E-state index contributed by atoms with van der Waals surface area (Å²) in [7, 11) is 0. The molecule has 0 radical (unpaired) electrons. The summed E-state index contributed by atoms with van der Waals surface area (Å²) in [5.41, 5.74) is 7.47. The molecule has 1 heterocycles. The zero-order valence-corrected chi connectivity index (χ0v) is 16.6. The summed E-state index contributed by atoms with van der Waals surface area (Å²) >= 11 is 0. The van der Waals surface area contributed by atoms with Crippen LogP contribution in [0.3, 0.4) is 0 Å². The number of likely N-dealkylation sites (tertiary alicyclic amines) is 1. The monoisotopic (exact) mass is 355 g/mol. The first-order valence-corrected chi connectivity index (χ1v) is 9.45. The molecule has 134 valence electrons. The molecule has 0 aromatic heterocycles. The number of piperidine rings is 1. The van der Waals surface area contributed by atoms with Crippen LogP contribution in [0, 0.1) is 19.8 Å². The Balaban J connectivity index is 0.00000182. The maximum atomic E-state index is 2.67. The molecule has 3 atom stereocenters. The van der Waals surface area contributed by atoms with E-state index in [0.717, 1.165) is 5.92 Å². The Kier molecular flexibility index (Phi) is 5.27. The highest BCUT2D eigenvalue weighted by Gasteiger charge is 2.44. The Morgan fingerprint density at radius 2 is 1.60 bits per heavy atom. The number of hydrogen-bond donors (Lipinski definition) is 0. The number of hydrogen-bond acceptors (Lipinski definition) is 1. The number of benzene rings is 2. The first kappa shape index (κ1) is 18.5. The van der Waals surface area contributed by atoms with Crippen molar-refractivity contribution in [3.63, 3.8) is 0 Å². The third-order valence-electron chi connectivity index (χ3n) is 6.27. The molecule has 0 unspecified atom stereocenters. The number of nitrogens with zero attached hydrogens (tertiary/aromatic N) is 1. The molecule has 2 aromatic carbocycles. The largest absolute Gasteiger partial charge is 0.300 e. The first-order valence-electron chi connectivity index (χ1n) is 9.45. The van der Waals surface area contributed by atoms with Gasteiger partial charge in [-0.3, -0.25) is 0 Å². The molecule has 2 aliphatic rings. The lowest BCUT2D eigenvalue weighted by Crippen LogP contribution is -2.42. The Labute approximate surface area is 158 Å². The molecule has 0 N–H and O–H groups in total. The van der Waals surface area contributed by atoms with Crippen LogP contribution in [0.4, 0.5) is 0 Å². The summed E-state index contributed by atoms with van der Waals surface area (Å²) < 4.78 is 0. The minimum atomic E-state index is 0. The van der Waals surface area contributed by atoms with Gasteiger partial charge in [0.15, 0.2) is 0 Å². The normalized spacial score (nSPS) is 25.4. The molecule has 1 saturated heterocycles. The van der Waals surface area contributed by atoms with Crippen molar-refractivity contribution in [1.82, 2.24) is 4.90 Å². The number of rotatable bonds is 2. The molecular formula is C23H30ClN. The standard InChI is InChI=1S/C23H29N.ClH/c1-15(2)24-12-11-20-22(14-24)19-10-7-17(4)13-21(19)23(20)18-8-5-16(3)6-9-18;/h5-10,13,15,20,22-23H,11-12,14H2,1-4H3;1H/t20-,22-,23+;/m1./s1. The molecule has 0 amide bonds. The predicted molar refractivity (Wildman–Crippen MR) is 109 cm³/mol. The second-order valence-electron chi connectivity index (χ2n) is 8.17. The van der Waals surface area contributed by atoms with Gasteiger partial charge in [-0.2, -0.15) is 0 Å². The van der Waals surface area contributed by atoms with Crippen molar-refractivity contribution in [2.24, 2.45) is 5.92 Å². The Bertz CT molecular complexity index is 734. The molecule has 2 aromatic rings. The van der Waals surface area contributed by atoms with E-state index in [1.54, 1.807) is 11.1 Å². The second kappa shape index (κ2) is 7.13. The van der Waals surface area contributed by atoms with Crippen LogP contribution in [-0.2, 0) is 0 Å². The molecule has 1 aliphatic heterocycles. The van der Waals surface area contributed by atoms with E-state index in [1.807, 2.05) is 0 Å². The molecule has 1 nitrogen and oxygen atoms in total. The van der Waals surface area contributed by atoms with Gasteiger partial charge in [-0.25, -0.2) is 0 Å². The summed E-state index contributed by atoms with van der Waals surface area (Å²) in [5, 5.41) is 0. The molecule has 2 heteroatoms. The number of halogens is 1. The van der Waals surface area contributed by atoms with Crippen LogP contribution < -0.4 is 0 Å². The SMILES string of the molecule is Cc1ccc([C@@H]2c3cc(C)ccc3[C@H]3CN(C(C)C)CC[C@@H]23)cc1.Cl. The lowest BCUT2D eigenvalue weighted by atomic mass is 9.78. The maximum absolute atomic E-state index is 2.67. The smallest absolute Gasteiger partial charge is 0.0127 e. The van der Waals surface area contributed by atoms with E-state index in [2.05, 4.69) is 75.1 Å². The zero-order chi connectivity index (χ0) is 16.8. The van der Waals surface area contributed by atoms with Gasteiger partial charge in [0.25, 0.3) is 0 Å². The van der Waals surface area contributed by atoms with Gasteiger partial charge in [-0.1, -0.05) is 53.6 Å². The van der Waals surface area contributed by atoms with Crippen molar-refractivity contribution in [1.29, 1.82) is 0 Å². The van der Waals surface area contributed by atoms with E-state index >= 15 is 0 Å². The lowest BCUT2D eigenvalue weighted by Gasteiger charge is -2.39. The van der Waals surface area contributed by atoms with Crippen molar-refractivity contribution >= 4 is 12.4 Å². The van der Waals surface area contributed by atoms with Crippen LogP contribution in [-0.4, -0.2) is 24.0 Å². The van der Waals surface area contributed by atoms with Crippen molar-refractivity contribution in [3.8, 4) is 0 Å². The van der Waals surface area contributed by atoms with Gasteiger partial charge in [-0.05, 0) is 63.3 Å². The summed E-state index contributed by atoms with van der Waals surface area (Å²) in [4.78, 5) is 2.67. The Hall–Kier alpha value is -1.31. The predicted octanol–water partition coefficient (Wildman–Crippen LogP) is 5.68. The second-order valence-corrected chi connectivity index (χ2v) is 8.17. The highest BCUT2D eigenvalue weighted by molar-refractivity contribution is 5.85. The van der Waals surface area contributed by atoms with E-state index in [9.17, 15) is 0 Å². The van der Waals surface area contributed by atoms with Gasteiger partial charge in [0.1, 0.15) is 0 Å². The van der Waals surface area contributed by atoms with Gasteiger partial charge >= 0.3 is 0 Å². The molecule has 4 rings (SSSR count). The fraction of sp³-hybridized carbons (Fsp3) is 0.478.